The standard InChI is InChI=1S/C28H45N7O2/c1-5-31(6-2)18-20-34(21-19-32(7-3)8-4)28(37)27(36)30-26-14-16-29-35(26)25-15-17-33(23-25)22-24-12-10-9-11-13-24/h9-14,16,25H,5-8,15,17-23H2,1-4H3,(H,30,36). The molecule has 0 spiro atoms. The van der Waals surface area contributed by atoms with E-state index in [1.807, 2.05) is 10.7 Å². The van der Waals surface area contributed by atoms with Crippen LogP contribution in [0.4, 0.5) is 5.82 Å². The predicted octanol–water partition coefficient (Wildman–Crippen LogP) is 2.78. The first-order valence-electron chi connectivity index (χ1n) is 13.8. The van der Waals surface area contributed by atoms with Crippen molar-refractivity contribution in [2.24, 2.45) is 0 Å². The average Bonchev–Trinajstić information content (AvgIpc) is 3.58. The fraction of sp³-hybridized carbons (Fsp3) is 0.607. The Bertz CT molecular complexity index is 940. The van der Waals surface area contributed by atoms with Crippen LogP contribution in [0, 0.1) is 0 Å². The van der Waals surface area contributed by atoms with E-state index < -0.39 is 11.8 Å². The SMILES string of the molecule is CCN(CC)CCN(CCN(CC)CC)C(=O)C(=O)Nc1ccnn1C1CCN(Cc2ccccc2)C1. The molecule has 3 rings (SSSR count). The molecule has 1 N–H and O–H groups in total. The van der Waals surface area contributed by atoms with E-state index in [-0.39, 0.29) is 6.04 Å². The summed E-state index contributed by atoms with van der Waals surface area (Å²) in [4.78, 5) is 35.0. The van der Waals surface area contributed by atoms with Crippen LogP contribution < -0.4 is 5.32 Å². The maximum atomic E-state index is 13.3. The van der Waals surface area contributed by atoms with Gasteiger partial charge in [-0.05, 0) is 38.2 Å². The molecule has 204 valence electrons. The number of carbonyl (C=O) groups is 2. The molecule has 1 atom stereocenters. The molecule has 1 saturated heterocycles. The van der Waals surface area contributed by atoms with Crippen molar-refractivity contribution < 1.29 is 9.59 Å². The molecule has 0 saturated carbocycles. The predicted molar refractivity (Wildman–Crippen MR) is 148 cm³/mol. The number of nitrogens with zero attached hydrogens (tertiary/aromatic N) is 6. The zero-order chi connectivity index (χ0) is 26.6. The van der Waals surface area contributed by atoms with Gasteiger partial charge in [-0.2, -0.15) is 5.10 Å². The first-order chi connectivity index (χ1) is 18.0. The van der Waals surface area contributed by atoms with Crippen molar-refractivity contribution in [2.75, 3.05) is 70.8 Å². The van der Waals surface area contributed by atoms with Crippen molar-refractivity contribution in [2.45, 2.75) is 46.7 Å². The van der Waals surface area contributed by atoms with E-state index in [1.54, 1.807) is 17.2 Å². The Morgan fingerprint density at radius 1 is 0.919 bits per heavy atom. The van der Waals surface area contributed by atoms with Crippen LogP contribution in [-0.4, -0.2) is 107 Å². The van der Waals surface area contributed by atoms with Crippen molar-refractivity contribution in [3.05, 3.63) is 48.2 Å². The van der Waals surface area contributed by atoms with Gasteiger partial charge in [0.15, 0.2) is 0 Å². The second-order valence-corrected chi connectivity index (χ2v) is 9.62. The number of hydrogen-bond acceptors (Lipinski definition) is 6. The summed E-state index contributed by atoms with van der Waals surface area (Å²) in [5.74, 6) is -0.499. The minimum Gasteiger partial charge on any atom is -0.332 e. The molecular formula is C28H45N7O2. The topological polar surface area (TPSA) is 77.0 Å². The first-order valence-corrected chi connectivity index (χ1v) is 13.8. The number of aromatic nitrogens is 2. The van der Waals surface area contributed by atoms with Gasteiger partial charge in [-0.25, -0.2) is 4.68 Å². The van der Waals surface area contributed by atoms with Gasteiger partial charge in [0.2, 0.25) is 0 Å². The lowest BCUT2D eigenvalue weighted by Crippen LogP contribution is -2.47. The summed E-state index contributed by atoms with van der Waals surface area (Å²) in [6.07, 6.45) is 2.64. The van der Waals surface area contributed by atoms with Crippen molar-refractivity contribution in [3.63, 3.8) is 0 Å². The molecule has 0 radical (unpaired) electrons. The van der Waals surface area contributed by atoms with Gasteiger partial charge in [-0.3, -0.25) is 14.5 Å². The lowest BCUT2D eigenvalue weighted by Gasteiger charge is -2.28. The van der Waals surface area contributed by atoms with Crippen molar-refractivity contribution in [1.82, 2.24) is 29.4 Å². The Balaban J connectivity index is 1.61. The van der Waals surface area contributed by atoms with E-state index in [4.69, 9.17) is 0 Å². The Morgan fingerprint density at radius 2 is 1.54 bits per heavy atom. The van der Waals surface area contributed by atoms with Gasteiger partial charge in [-0.1, -0.05) is 58.0 Å². The summed E-state index contributed by atoms with van der Waals surface area (Å²) in [5, 5.41) is 7.37. The molecule has 9 nitrogen and oxygen atoms in total. The van der Waals surface area contributed by atoms with Crippen LogP contribution in [0.25, 0.3) is 0 Å². The molecule has 0 aliphatic carbocycles. The van der Waals surface area contributed by atoms with Crippen LogP contribution in [-0.2, 0) is 16.1 Å². The molecule has 2 amide bonds. The van der Waals surface area contributed by atoms with E-state index in [1.165, 1.54) is 5.56 Å². The van der Waals surface area contributed by atoms with E-state index >= 15 is 0 Å². The number of anilines is 1. The van der Waals surface area contributed by atoms with E-state index in [0.717, 1.165) is 65.3 Å². The largest absolute Gasteiger partial charge is 0.332 e. The van der Waals surface area contributed by atoms with Crippen molar-refractivity contribution in [1.29, 1.82) is 0 Å². The highest BCUT2D eigenvalue weighted by Gasteiger charge is 2.28. The Morgan fingerprint density at radius 3 is 2.14 bits per heavy atom. The smallest absolute Gasteiger partial charge is 0.315 e. The van der Waals surface area contributed by atoms with Gasteiger partial charge in [-0.15, -0.1) is 0 Å². The Hall–Kier alpha value is -2.75. The van der Waals surface area contributed by atoms with Crippen LogP contribution in [0.15, 0.2) is 42.6 Å². The summed E-state index contributed by atoms with van der Waals surface area (Å²) >= 11 is 0. The summed E-state index contributed by atoms with van der Waals surface area (Å²) in [6, 6.07) is 12.4. The number of hydrogen-bond donors (Lipinski definition) is 1. The molecule has 1 fully saturated rings. The number of likely N-dealkylation sites (tertiary alicyclic amines) is 1. The fourth-order valence-electron chi connectivity index (χ4n) is 4.93. The molecule has 37 heavy (non-hydrogen) atoms. The molecule has 1 aliphatic rings. The third-order valence-electron chi connectivity index (χ3n) is 7.40. The summed E-state index contributed by atoms with van der Waals surface area (Å²) in [6.45, 7) is 17.4. The van der Waals surface area contributed by atoms with E-state index in [9.17, 15) is 9.59 Å². The number of carbonyl (C=O) groups excluding carboxylic acids is 2. The third kappa shape index (κ3) is 8.38. The molecule has 1 aromatic carbocycles. The summed E-state index contributed by atoms with van der Waals surface area (Å²) in [5.41, 5.74) is 1.29. The normalized spacial score (nSPS) is 16.0. The molecule has 1 aliphatic heterocycles. The fourth-order valence-corrected chi connectivity index (χ4v) is 4.93. The molecule has 2 heterocycles. The quantitative estimate of drug-likeness (QED) is 0.393. The van der Waals surface area contributed by atoms with Crippen LogP contribution in [0.5, 0.6) is 0 Å². The average molecular weight is 512 g/mol. The minimum absolute atomic E-state index is 0.158. The minimum atomic E-state index is -0.597. The van der Waals surface area contributed by atoms with Crippen LogP contribution in [0.2, 0.25) is 0 Å². The number of nitrogens with one attached hydrogen (secondary N) is 1. The zero-order valence-corrected chi connectivity index (χ0v) is 23.1. The molecule has 1 aromatic heterocycles. The number of benzene rings is 1. The van der Waals surface area contributed by atoms with Crippen LogP contribution in [0.3, 0.4) is 0 Å². The lowest BCUT2D eigenvalue weighted by molar-refractivity contribution is -0.143. The van der Waals surface area contributed by atoms with Gasteiger partial charge in [0.25, 0.3) is 0 Å². The maximum Gasteiger partial charge on any atom is 0.315 e. The van der Waals surface area contributed by atoms with E-state index in [2.05, 4.69) is 77.1 Å². The van der Waals surface area contributed by atoms with Gasteiger partial charge < -0.3 is 20.0 Å². The van der Waals surface area contributed by atoms with Crippen LogP contribution in [0.1, 0.15) is 45.7 Å². The lowest BCUT2D eigenvalue weighted by atomic mass is 10.2. The monoisotopic (exact) mass is 511 g/mol. The van der Waals surface area contributed by atoms with Gasteiger partial charge >= 0.3 is 11.8 Å². The first kappa shape index (κ1) is 28.8. The Kier molecular flexibility index (Phi) is 11.6. The summed E-state index contributed by atoms with van der Waals surface area (Å²) in [7, 11) is 0. The number of likely N-dealkylation sites (N-methyl/N-ethyl adjacent to an activating group) is 2. The third-order valence-corrected chi connectivity index (χ3v) is 7.40. The Labute approximate surface area is 222 Å². The molecule has 2 aromatic rings. The van der Waals surface area contributed by atoms with Gasteiger partial charge in [0.1, 0.15) is 5.82 Å². The highest BCUT2D eigenvalue weighted by atomic mass is 16.2. The van der Waals surface area contributed by atoms with Gasteiger partial charge in [0.05, 0.1) is 12.2 Å². The van der Waals surface area contributed by atoms with Crippen LogP contribution >= 0.6 is 0 Å². The number of amides is 2. The summed E-state index contributed by atoms with van der Waals surface area (Å²) < 4.78 is 1.87. The molecule has 9 heteroatoms. The second-order valence-electron chi connectivity index (χ2n) is 9.62. The maximum absolute atomic E-state index is 13.3. The highest BCUT2D eigenvalue weighted by Crippen LogP contribution is 2.25. The second kappa shape index (κ2) is 14.9. The highest BCUT2D eigenvalue weighted by molar-refractivity contribution is 6.39. The van der Waals surface area contributed by atoms with Crippen molar-refractivity contribution in [3.8, 4) is 0 Å². The van der Waals surface area contributed by atoms with E-state index in [0.29, 0.717) is 18.9 Å². The number of rotatable bonds is 14. The van der Waals surface area contributed by atoms with Gasteiger partial charge in [0, 0.05) is 51.9 Å². The molecule has 1 unspecified atom stereocenters. The van der Waals surface area contributed by atoms with Crippen molar-refractivity contribution >= 4 is 17.6 Å². The molecule has 0 bridgehead atoms. The molecular weight excluding hydrogens is 466 g/mol. The zero-order valence-electron chi connectivity index (χ0n) is 23.1.